The highest BCUT2D eigenvalue weighted by molar-refractivity contribution is 5.60. The molecule has 6 nitrogen and oxygen atoms in total. The lowest BCUT2D eigenvalue weighted by Gasteiger charge is -2.23. The number of hydrogen-bond donors (Lipinski definition) is 1. The molecule has 2 fully saturated rings. The average Bonchev–Trinajstić information content (AvgIpc) is 3.06. The van der Waals surface area contributed by atoms with Crippen molar-refractivity contribution in [1.29, 1.82) is 0 Å². The first-order valence-corrected chi connectivity index (χ1v) is 7.57. The Hall–Kier alpha value is -1.59. The Kier molecular flexibility index (Phi) is 3.40. The average molecular weight is 278 g/mol. The van der Waals surface area contributed by atoms with E-state index >= 15 is 0 Å². The van der Waals surface area contributed by atoms with Gasteiger partial charge in [0.25, 0.3) is 0 Å². The van der Waals surface area contributed by atoms with Crippen molar-refractivity contribution in [2.45, 2.75) is 51.5 Å². The van der Waals surface area contributed by atoms with Crippen molar-refractivity contribution in [3.63, 3.8) is 0 Å². The molecule has 2 aliphatic carbocycles. The van der Waals surface area contributed by atoms with E-state index in [1.54, 1.807) is 11.7 Å². The van der Waals surface area contributed by atoms with E-state index in [2.05, 4.69) is 10.4 Å². The lowest BCUT2D eigenvalue weighted by atomic mass is 9.95. The second-order valence-corrected chi connectivity index (χ2v) is 6.20. The summed E-state index contributed by atoms with van der Waals surface area (Å²) in [6.45, 7) is 2.02. The fourth-order valence-electron chi connectivity index (χ4n) is 3.92. The van der Waals surface area contributed by atoms with Gasteiger partial charge in [0, 0.05) is 13.1 Å². The minimum Gasteiger partial charge on any atom is -0.362 e. The molecule has 0 amide bonds. The van der Waals surface area contributed by atoms with Crippen LogP contribution in [0.5, 0.6) is 0 Å². The number of fused-ring (bicyclic) bond motifs is 2. The summed E-state index contributed by atoms with van der Waals surface area (Å²) in [4.78, 5) is 11.1. The molecule has 1 aromatic rings. The third kappa shape index (κ3) is 2.17. The molecule has 0 aromatic carbocycles. The van der Waals surface area contributed by atoms with Crippen molar-refractivity contribution in [3.8, 4) is 0 Å². The Morgan fingerprint density at radius 2 is 2.25 bits per heavy atom. The van der Waals surface area contributed by atoms with Gasteiger partial charge in [-0.05, 0) is 37.5 Å². The summed E-state index contributed by atoms with van der Waals surface area (Å²) in [7, 11) is 1.79. The monoisotopic (exact) mass is 278 g/mol. The highest BCUT2D eigenvalue weighted by Gasteiger charge is 2.41. The number of nitro groups is 1. The second-order valence-electron chi connectivity index (χ2n) is 6.20. The van der Waals surface area contributed by atoms with Gasteiger partial charge >= 0.3 is 5.69 Å². The maximum Gasteiger partial charge on any atom is 0.333 e. The van der Waals surface area contributed by atoms with Crippen molar-refractivity contribution in [2.75, 3.05) is 5.32 Å². The van der Waals surface area contributed by atoms with Crippen LogP contribution in [0.2, 0.25) is 0 Å². The Bertz CT molecular complexity index is 525. The van der Waals surface area contributed by atoms with Crippen molar-refractivity contribution >= 4 is 11.5 Å². The zero-order valence-electron chi connectivity index (χ0n) is 12.1. The number of aromatic nitrogens is 2. The Balaban J connectivity index is 1.86. The molecular weight excluding hydrogens is 256 g/mol. The number of hydrogen-bond acceptors (Lipinski definition) is 4. The third-order valence-electron chi connectivity index (χ3n) is 4.82. The summed E-state index contributed by atoms with van der Waals surface area (Å²) < 4.78 is 1.65. The van der Waals surface area contributed by atoms with Crippen molar-refractivity contribution in [2.24, 2.45) is 18.9 Å². The highest BCUT2D eigenvalue weighted by atomic mass is 16.6. The zero-order chi connectivity index (χ0) is 14.3. The quantitative estimate of drug-likeness (QED) is 0.664. The third-order valence-corrected chi connectivity index (χ3v) is 4.82. The number of nitrogens with one attached hydrogen (secondary N) is 1. The fourth-order valence-corrected chi connectivity index (χ4v) is 3.92. The molecule has 3 atom stereocenters. The lowest BCUT2D eigenvalue weighted by Crippen LogP contribution is -2.27. The number of anilines is 1. The van der Waals surface area contributed by atoms with Crippen LogP contribution >= 0.6 is 0 Å². The first kappa shape index (κ1) is 13.4. The molecule has 1 N–H and O–H groups in total. The molecular formula is C14H22N4O2. The number of rotatable bonds is 5. The molecule has 2 aliphatic rings. The molecule has 1 aromatic heterocycles. The summed E-state index contributed by atoms with van der Waals surface area (Å²) in [5, 5.41) is 19.1. The van der Waals surface area contributed by atoms with Gasteiger partial charge in [0.2, 0.25) is 5.82 Å². The van der Waals surface area contributed by atoms with E-state index in [0.717, 1.165) is 18.8 Å². The topological polar surface area (TPSA) is 73.0 Å². The van der Waals surface area contributed by atoms with Gasteiger partial charge in [0.1, 0.15) is 5.69 Å². The zero-order valence-corrected chi connectivity index (χ0v) is 12.1. The molecule has 3 rings (SSSR count). The number of aryl methyl sites for hydroxylation is 2. The van der Waals surface area contributed by atoms with Crippen molar-refractivity contribution in [3.05, 3.63) is 15.8 Å². The van der Waals surface area contributed by atoms with Gasteiger partial charge in [0.05, 0.1) is 4.92 Å². The van der Waals surface area contributed by atoms with Crippen molar-refractivity contribution in [1.82, 2.24) is 9.78 Å². The van der Waals surface area contributed by atoms with Crippen LogP contribution in [0.25, 0.3) is 0 Å². The predicted octanol–water partition coefficient (Wildman–Crippen LogP) is 2.88. The van der Waals surface area contributed by atoms with Crippen LogP contribution in [0.3, 0.4) is 0 Å². The first-order chi connectivity index (χ1) is 9.60. The van der Waals surface area contributed by atoms with E-state index in [-0.39, 0.29) is 10.6 Å². The summed E-state index contributed by atoms with van der Waals surface area (Å²) >= 11 is 0. The molecule has 20 heavy (non-hydrogen) atoms. The molecule has 2 saturated carbocycles. The van der Waals surface area contributed by atoms with E-state index in [0.29, 0.717) is 29.9 Å². The minimum absolute atomic E-state index is 0.178. The Labute approximate surface area is 118 Å². The van der Waals surface area contributed by atoms with Crippen LogP contribution in [0.4, 0.5) is 11.5 Å². The van der Waals surface area contributed by atoms with E-state index in [4.69, 9.17) is 0 Å². The molecule has 110 valence electrons. The van der Waals surface area contributed by atoms with Crippen LogP contribution in [0.15, 0.2) is 0 Å². The summed E-state index contributed by atoms with van der Waals surface area (Å²) in [6, 6.07) is 0.386. The van der Waals surface area contributed by atoms with Crippen LogP contribution in [-0.2, 0) is 13.5 Å². The molecule has 0 spiro atoms. The van der Waals surface area contributed by atoms with Crippen LogP contribution in [0, 0.1) is 22.0 Å². The van der Waals surface area contributed by atoms with E-state index < -0.39 is 0 Å². The SMILES string of the molecule is CCCc1nn(C)c(NC2CC3CCC2C3)c1[N+](=O)[O-]. The van der Waals surface area contributed by atoms with Gasteiger partial charge in [-0.25, -0.2) is 4.68 Å². The minimum atomic E-state index is -0.284. The first-order valence-electron chi connectivity index (χ1n) is 7.57. The van der Waals surface area contributed by atoms with Crippen LogP contribution in [-0.4, -0.2) is 20.7 Å². The smallest absolute Gasteiger partial charge is 0.333 e. The van der Waals surface area contributed by atoms with Gasteiger partial charge < -0.3 is 5.32 Å². The van der Waals surface area contributed by atoms with Crippen molar-refractivity contribution < 1.29 is 4.92 Å². The number of nitrogens with zero attached hydrogens (tertiary/aromatic N) is 3. The normalized spacial score (nSPS) is 28.0. The van der Waals surface area contributed by atoms with Crippen LogP contribution in [0.1, 0.15) is 44.7 Å². The predicted molar refractivity (Wildman–Crippen MR) is 76.7 cm³/mol. The summed E-state index contributed by atoms with van der Waals surface area (Å²) in [5.74, 6) is 2.10. The molecule has 3 unspecified atom stereocenters. The Morgan fingerprint density at radius 1 is 1.45 bits per heavy atom. The van der Waals surface area contributed by atoms with Gasteiger partial charge in [-0.3, -0.25) is 10.1 Å². The van der Waals surface area contributed by atoms with Gasteiger partial charge in [0.15, 0.2) is 0 Å². The maximum absolute atomic E-state index is 11.4. The maximum atomic E-state index is 11.4. The summed E-state index contributed by atoms with van der Waals surface area (Å²) in [5.41, 5.74) is 0.780. The van der Waals surface area contributed by atoms with Crippen LogP contribution < -0.4 is 5.32 Å². The molecule has 6 heteroatoms. The van der Waals surface area contributed by atoms with Gasteiger partial charge in [-0.15, -0.1) is 0 Å². The fraction of sp³-hybridized carbons (Fsp3) is 0.786. The summed E-state index contributed by atoms with van der Waals surface area (Å²) in [6.07, 6.45) is 6.54. The molecule has 0 saturated heterocycles. The molecule has 2 bridgehead atoms. The Morgan fingerprint density at radius 3 is 2.80 bits per heavy atom. The molecule has 0 radical (unpaired) electrons. The van der Waals surface area contributed by atoms with E-state index in [1.807, 2.05) is 6.92 Å². The standard InChI is InChI=1S/C14H22N4O2/c1-3-4-11-13(18(19)20)14(17(2)16-11)15-12-8-9-5-6-10(12)7-9/h9-10,12,15H,3-8H2,1-2H3. The largest absolute Gasteiger partial charge is 0.362 e. The van der Waals surface area contributed by atoms with E-state index in [9.17, 15) is 10.1 Å². The van der Waals surface area contributed by atoms with Gasteiger partial charge in [-0.1, -0.05) is 19.8 Å². The molecule has 0 aliphatic heterocycles. The second kappa shape index (κ2) is 5.07. The lowest BCUT2D eigenvalue weighted by molar-refractivity contribution is -0.384. The highest BCUT2D eigenvalue weighted by Crippen LogP contribution is 2.46. The van der Waals surface area contributed by atoms with E-state index in [1.165, 1.54) is 19.3 Å². The molecule has 1 heterocycles. The van der Waals surface area contributed by atoms with Gasteiger partial charge in [-0.2, -0.15) is 5.10 Å².